The standard InChI is InChI=1S/C19H25ClN4O2/c1-12-10-14-15(11-13(12)2)22-17(16(20)21-14)23-6-8-24(9-7-23)18(25)26-19(3,4)5/h10-11H,6-9H2,1-5H3. The third kappa shape index (κ3) is 4.01. The highest BCUT2D eigenvalue weighted by molar-refractivity contribution is 6.32. The minimum Gasteiger partial charge on any atom is -0.444 e. The fourth-order valence-corrected chi connectivity index (χ4v) is 3.16. The number of ether oxygens (including phenoxy) is 1. The number of amides is 1. The van der Waals surface area contributed by atoms with Gasteiger partial charge in [-0.2, -0.15) is 0 Å². The zero-order valence-corrected chi connectivity index (χ0v) is 16.7. The molecular weight excluding hydrogens is 352 g/mol. The second kappa shape index (κ2) is 6.91. The lowest BCUT2D eigenvalue weighted by molar-refractivity contribution is 0.0240. The molecule has 7 heteroatoms. The molecule has 26 heavy (non-hydrogen) atoms. The number of aromatic nitrogens is 2. The molecule has 0 bridgehead atoms. The van der Waals surface area contributed by atoms with Crippen molar-refractivity contribution in [2.45, 2.75) is 40.2 Å². The number of piperazine rings is 1. The van der Waals surface area contributed by atoms with Crippen molar-refractivity contribution < 1.29 is 9.53 Å². The van der Waals surface area contributed by atoms with Crippen LogP contribution < -0.4 is 4.90 Å². The van der Waals surface area contributed by atoms with Crippen LogP contribution in [0.25, 0.3) is 11.0 Å². The predicted octanol–water partition coefficient (Wildman–Crippen LogP) is 3.96. The summed E-state index contributed by atoms with van der Waals surface area (Å²) in [5.41, 5.74) is 3.49. The zero-order valence-electron chi connectivity index (χ0n) is 16.0. The van der Waals surface area contributed by atoms with Gasteiger partial charge in [-0.05, 0) is 57.9 Å². The van der Waals surface area contributed by atoms with E-state index in [0.29, 0.717) is 37.1 Å². The molecule has 0 spiro atoms. The second-order valence-corrected chi connectivity index (χ2v) is 8.08. The Morgan fingerprint density at radius 3 is 2.12 bits per heavy atom. The number of aryl methyl sites for hydroxylation is 2. The molecule has 140 valence electrons. The number of carbonyl (C=O) groups excluding carboxylic acids is 1. The lowest BCUT2D eigenvalue weighted by atomic mass is 10.1. The van der Waals surface area contributed by atoms with Crippen LogP contribution >= 0.6 is 11.6 Å². The molecule has 1 fully saturated rings. The van der Waals surface area contributed by atoms with Gasteiger partial charge in [-0.25, -0.2) is 14.8 Å². The second-order valence-electron chi connectivity index (χ2n) is 7.72. The summed E-state index contributed by atoms with van der Waals surface area (Å²) in [6.07, 6.45) is -0.279. The minimum absolute atomic E-state index is 0.279. The molecule has 0 radical (unpaired) electrons. The summed E-state index contributed by atoms with van der Waals surface area (Å²) in [5, 5.41) is 0.395. The van der Waals surface area contributed by atoms with Gasteiger partial charge in [0.1, 0.15) is 5.60 Å². The Morgan fingerprint density at radius 1 is 1.04 bits per heavy atom. The van der Waals surface area contributed by atoms with Crippen molar-refractivity contribution in [3.8, 4) is 0 Å². The van der Waals surface area contributed by atoms with Crippen molar-refractivity contribution in [2.75, 3.05) is 31.1 Å². The van der Waals surface area contributed by atoms with E-state index in [-0.39, 0.29) is 6.09 Å². The highest BCUT2D eigenvalue weighted by Crippen LogP contribution is 2.27. The third-order valence-electron chi connectivity index (χ3n) is 4.45. The Bertz CT molecular complexity index is 840. The van der Waals surface area contributed by atoms with Crippen molar-refractivity contribution >= 4 is 34.5 Å². The van der Waals surface area contributed by atoms with Crippen LogP contribution in [0.5, 0.6) is 0 Å². The van der Waals surface area contributed by atoms with E-state index in [1.54, 1.807) is 4.90 Å². The van der Waals surface area contributed by atoms with E-state index < -0.39 is 5.60 Å². The molecule has 1 saturated heterocycles. The number of carbonyl (C=O) groups is 1. The van der Waals surface area contributed by atoms with Gasteiger partial charge in [0.15, 0.2) is 11.0 Å². The molecular formula is C19H25ClN4O2. The number of anilines is 1. The number of benzene rings is 1. The van der Waals surface area contributed by atoms with E-state index in [0.717, 1.165) is 11.0 Å². The summed E-state index contributed by atoms with van der Waals surface area (Å²) in [6, 6.07) is 4.04. The normalized spacial score (nSPS) is 15.5. The van der Waals surface area contributed by atoms with Gasteiger partial charge in [-0.3, -0.25) is 0 Å². The maximum Gasteiger partial charge on any atom is 0.410 e. The molecule has 1 aromatic carbocycles. The Morgan fingerprint density at radius 2 is 1.58 bits per heavy atom. The Balaban J connectivity index is 1.76. The lowest BCUT2D eigenvalue weighted by Crippen LogP contribution is -2.50. The van der Waals surface area contributed by atoms with Crippen molar-refractivity contribution in [3.63, 3.8) is 0 Å². The summed E-state index contributed by atoms with van der Waals surface area (Å²) in [6.45, 7) is 12.1. The van der Waals surface area contributed by atoms with Crippen LogP contribution in [0.4, 0.5) is 10.6 Å². The number of rotatable bonds is 1. The molecule has 0 unspecified atom stereocenters. The van der Waals surface area contributed by atoms with Crippen LogP contribution in [0.2, 0.25) is 5.15 Å². The summed E-state index contributed by atoms with van der Waals surface area (Å²) in [7, 11) is 0. The highest BCUT2D eigenvalue weighted by Gasteiger charge is 2.27. The van der Waals surface area contributed by atoms with Crippen LogP contribution in [-0.4, -0.2) is 52.7 Å². The van der Waals surface area contributed by atoms with E-state index in [1.807, 2.05) is 39.8 Å². The smallest absolute Gasteiger partial charge is 0.410 e. The maximum atomic E-state index is 12.2. The molecule has 0 atom stereocenters. The Labute approximate surface area is 159 Å². The number of halogens is 1. The summed E-state index contributed by atoms with van der Waals surface area (Å²) in [5.74, 6) is 0.672. The molecule has 2 aromatic rings. The predicted molar refractivity (Wildman–Crippen MR) is 104 cm³/mol. The first-order chi connectivity index (χ1) is 12.1. The molecule has 0 N–H and O–H groups in total. The summed E-state index contributed by atoms with van der Waals surface area (Å²) in [4.78, 5) is 25.2. The van der Waals surface area contributed by atoms with Crippen molar-refractivity contribution in [2.24, 2.45) is 0 Å². The monoisotopic (exact) mass is 376 g/mol. The van der Waals surface area contributed by atoms with Crippen molar-refractivity contribution in [3.05, 3.63) is 28.4 Å². The van der Waals surface area contributed by atoms with Crippen LogP contribution in [0, 0.1) is 13.8 Å². The average Bonchev–Trinajstić information content (AvgIpc) is 2.54. The van der Waals surface area contributed by atoms with Crippen LogP contribution in [0.1, 0.15) is 31.9 Å². The van der Waals surface area contributed by atoms with Gasteiger partial charge >= 0.3 is 6.09 Å². The van der Waals surface area contributed by atoms with Gasteiger partial charge in [0.25, 0.3) is 0 Å². The van der Waals surface area contributed by atoms with Gasteiger partial charge in [0.05, 0.1) is 11.0 Å². The highest BCUT2D eigenvalue weighted by atomic mass is 35.5. The first kappa shape index (κ1) is 18.7. The van der Waals surface area contributed by atoms with Crippen LogP contribution in [0.3, 0.4) is 0 Å². The topological polar surface area (TPSA) is 58.6 Å². The molecule has 1 amide bonds. The molecule has 3 rings (SSSR count). The van der Waals surface area contributed by atoms with Crippen LogP contribution in [-0.2, 0) is 4.74 Å². The molecule has 2 heterocycles. The fraction of sp³-hybridized carbons (Fsp3) is 0.526. The maximum absolute atomic E-state index is 12.2. The van der Waals surface area contributed by atoms with Gasteiger partial charge in [0.2, 0.25) is 0 Å². The number of hydrogen-bond acceptors (Lipinski definition) is 5. The molecule has 1 aromatic heterocycles. The van der Waals surface area contributed by atoms with E-state index in [4.69, 9.17) is 21.3 Å². The molecule has 0 aliphatic carbocycles. The number of hydrogen-bond donors (Lipinski definition) is 0. The Hall–Kier alpha value is -2.08. The minimum atomic E-state index is -0.489. The molecule has 0 saturated carbocycles. The summed E-state index contributed by atoms with van der Waals surface area (Å²) >= 11 is 6.39. The van der Waals surface area contributed by atoms with E-state index in [2.05, 4.69) is 16.8 Å². The zero-order chi connectivity index (χ0) is 19.1. The van der Waals surface area contributed by atoms with Crippen LogP contribution in [0.15, 0.2) is 12.1 Å². The van der Waals surface area contributed by atoms with E-state index >= 15 is 0 Å². The molecule has 1 aliphatic rings. The van der Waals surface area contributed by atoms with E-state index in [1.165, 1.54) is 11.1 Å². The molecule has 6 nitrogen and oxygen atoms in total. The first-order valence-corrected chi connectivity index (χ1v) is 9.19. The summed E-state index contributed by atoms with van der Waals surface area (Å²) < 4.78 is 5.44. The largest absolute Gasteiger partial charge is 0.444 e. The van der Waals surface area contributed by atoms with Crippen molar-refractivity contribution in [1.29, 1.82) is 0 Å². The fourth-order valence-electron chi connectivity index (χ4n) is 2.91. The van der Waals surface area contributed by atoms with E-state index in [9.17, 15) is 4.79 Å². The molecule has 1 aliphatic heterocycles. The van der Waals surface area contributed by atoms with Gasteiger partial charge in [-0.1, -0.05) is 11.6 Å². The first-order valence-electron chi connectivity index (χ1n) is 8.81. The Kier molecular flexibility index (Phi) is 4.97. The number of nitrogens with zero attached hydrogens (tertiary/aromatic N) is 4. The SMILES string of the molecule is Cc1cc2nc(Cl)c(N3CCN(C(=O)OC(C)(C)C)CC3)nc2cc1C. The van der Waals surface area contributed by atoms with Crippen molar-refractivity contribution in [1.82, 2.24) is 14.9 Å². The quantitative estimate of drug-likeness (QED) is 0.754. The third-order valence-corrected chi connectivity index (χ3v) is 4.70. The van der Waals surface area contributed by atoms with Gasteiger partial charge < -0.3 is 14.5 Å². The van der Waals surface area contributed by atoms with Gasteiger partial charge in [0, 0.05) is 26.2 Å². The van der Waals surface area contributed by atoms with Gasteiger partial charge in [-0.15, -0.1) is 0 Å². The lowest BCUT2D eigenvalue weighted by Gasteiger charge is -2.36. The number of fused-ring (bicyclic) bond motifs is 1. The average molecular weight is 377 g/mol.